The van der Waals surface area contributed by atoms with Crippen LogP contribution in [0.25, 0.3) is 0 Å². The van der Waals surface area contributed by atoms with Crippen LogP contribution in [-0.2, 0) is 0 Å². The molecule has 13 heavy (non-hydrogen) atoms. The smallest absolute Gasteiger partial charge is 0.379 e. The second kappa shape index (κ2) is 3.95. The highest BCUT2D eigenvalue weighted by Gasteiger charge is 2.29. The SMILES string of the molecule is O=[N+]([O-])[C@H](F)[C@@H](O)c1ccccc1. The van der Waals surface area contributed by atoms with Gasteiger partial charge in [0.05, 0.1) is 4.92 Å². The number of aliphatic hydroxyl groups is 1. The van der Waals surface area contributed by atoms with Crippen LogP contribution < -0.4 is 0 Å². The number of nitro groups is 1. The molecule has 1 aromatic rings. The van der Waals surface area contributed by atoms with Crippen LogP contribution in [0.1, 0.15) is 11.7 Å². The van der Waals surface area contributed by atoms with E-state index in [1.165, 1.54) is 12.1 Å². The second-order valence-electron chi connectivity index (χ2n) is 2.51. The monoisotopic (exact) mass is 185 g/mol. The zero-order valence-corrected chi connectivity index (χ0v) is 6.63. The Bertz CT molecular complexity index is 291. The van der Waals surface area contributed by atoms with Crippen LogP contribution in [0.5, 0.6) is 0 Å². The summed E-state index contributed by atoms with van der Waals surface area (Å²) in [6.07, 6.45) is -4.17. The molecule has 1 N–H and O–H groups in total. The molecule has 0 unspecified atom stereocenters. The summed E-state index contributed by atoms with van der Waals surface area (Å²) >= 11 is 0. The third kappa shape index (κ3) is 2.22. The largest absolute Gasteiger partial charge is 0.379 e. The van der Waals surface area contributed by atoms with Gasteiger partial charge < -0.3 is 5.11 Å². The first-order valence-corrected chi connectivity index (χ1v) is 3.63. The molecule has 0 aliphatic heterocycles. The summed E-state index contributed by atoms with van der Waals surface area (Å²) in [5.74, 6) is 0. The average Bonchev–Trinajstić information content (AvgIpc) is 2.17. The van der Waals surface area contributed by atoms with Gasteiger partial charge in [-0.05, 0) is 5.56 Å². The maximum Gasteiger partial charge on any atom is 0.379 e. The Morgan fingerprint density at radius 1 is 1.38 bits per heavy atom. The Morgan fingerprint density at radius 3 is 2.38 bits per heavy atom. The molecule has 1 aromatic carbocycles. The first-order chi connectivity index (χ1) is 6.13. The second-order valence-corrected chi connectivity index (χ2v) is 2.51. The van der Waals surface area contributed by atoms with Gasteiger partial charge in [-0.1, -0.05) is 30.3 Å². The molecule has 70 valence electrons. The number of nitrogens with zero attached hydrogens (tertiary/aromatic N) is 1. The zero-order chi connectivity index (χ0) is 9.84. The summed E-state index contributed by atoms with van der Waals surface area (Å²) in [4.78, 5) is 8.83. The molecule has 0 saturated heterocycles. The molecule has 4 nitrogen and oxygen atoms in total. The minimum absolute atomic E-state index is 0.201. The highest BCUT2D eigenvalue weighted by molar-refractivity contribution is 5.17. The van der Waals surface area contributed by atoms with Crippen molar-refractivity contribution in [1.29, 1.82) is 0 Å². The van der Waals surface area contributed by atoms with E-state index in [4.69, 9.17) is 5.11 Å². The van der Waals surface area contributed by atoms with Gasteiger partial charge in [-0.15, -0.1) is 0 Å². The number of benzene rings is 1. The van der Waals surface area contributed by atoms with E-state index in [0.717, 1.165) is 0 Å². The molecule has 0 fully saturated rings. The van der Waals surface area contributed by atoms with Crippen LogP contribution in [0.15, 0.2) is 30.3 Å². The summed E-state index contributed by atoms with van der Waals surface area (Å²) in [6, 6.07) is 7.69. The quantitative estimate of drug-likeness (QED) is 0.438. The van der Waals surface area contributed by atoms with E-state index in [0.29, 0.717) is 0 Å². The third-order valence-electron chi connectivity index (χ3n) is 1.60. The topological polar surface area (TPSA) is 63.4 Å². The Labute approximate surface area is 73.8 Å². The van der Waals surface area contributed by atoms with Gasteiger partial charge in [0.2, 0.25) is 0 Å². The Morgan fingerprint density at radius 2 is 1.92 bits per heavy atom. The molecule has 0 aliphatic rings. The van der Waals surface area contributed by atoms with Gasteiger partial charge in [-0.25, -0.2) is 0 Å². The number of halogens is 1. The summed E-state index contributed by atoms with van der Waals surface area (Å²) in [7, 11) is 0. The lowest BCUT2D eigenvalue weighted by molar-refractivity contribution is -0.567. The van der Waals surface area contributed by atoms with Crippen LogP contribution >= 0.6 is 0 Å². The van der Waals surface area contributed by atoms with Gasteiger partial charge >= 0.3 is 6.30 Å². The van der Waals surface area contributed by atoms with Crippen LogP contribution in [0.3, 0.4) is 0 Å². The molecule has 0 aliphatic carbocycles. The summed E-state index contributed by atoms with van der Waals surface area (Å²) < 4.78 is 12.7. The predicted molar refractivity (Wildman–Crippen MR) is 43.3 cm³/mol. The van der Waals surface area contributed by atoms with Crippen molar-refractivity contribution < 1.29 is 14.4 Å². The van der Waals surface area contributed by atoms with Crippen LogP contribution in [0, 0.1) is 10.1 Å². The maximum atomic E-state index is 12.7. The summed E-state index contributed by atoms with van der Waals surface area (Å²) in [5.41, 5.74) is 0.201. The van der Waals surface area contributed by atoms with Crippen molar-refractivity contribution in [3.05, 3.63) is 46.0 Å². The van der Waals surface area contributed by atoms with Crippen molar-refractivity contribution in [1.82, 2.24) is 0 Å². The van der Waals surface area contributed by atoms with E-state index in [2.05, 4.69) is 0 Å². The lowest BCUT2D eigenvalue weighted by atomic mass is 10.1. The third-order valence-corrected chi connectivity index (χ3v) is 1.60. The minimum atomic E-state index is -2.47. The van der Waals surface area contributed by atoms with E-state index in [9.17, 15) is 14.5 Å². The van der Waals surface area contributed by atoms with Crippen molar-refractivity contribution >= 4 is 0 Å². The number of rotatable bonds is 3. The standard InChI is InChI=1S/C8H8FNO3/c9-8(10(12)13)7(11)6-4-2-1-3-5-6/h1-5,7-8,11H/t7-,8-/m0/s1. The molecule has 0 radical (unpaired) electrons. The Hall–Kier alpha value is -1.49. The van der Waals surface area contributed by atoms with Crippen molar-refractivity contribution in [2.45, 2.75) is 12.4 Å². The molecule has 0 aromatic heterocycles. The fraction of sp³-hybridized carbons (Fsp3) is 0.250. The molecule has 2 atom stereocenters. The van der Waals surface area contributed by atoms with Crippen LogP contribution in [0.4, 0.5) is 4.39 Å². The normalized spacial score (nSPS) is 14.9. The molecule has 1 rings (SSSR count). The fourth-order valence-corrected chi connectivity index (χ4v) is 0.924. The van der Waals surface area contributed by atoms with E-state index < -0.39 is 17.3 Å². The Balaban J connectivity index is 2.79. The first kappa shape index (κ1) is 9.60. The van der Waals surface area contributed by atoms with E-state index >= 15 is 0 Å². The number of hydrogen-bond donors (Lipinski definition) is 1. The molecular weight excluding hydrogens is 177 g/mol. The fourth-order valence-electron chi connectivity index (χ4n) is 0.924. The van der Waals surface area contributed by atoms with Crippen molar-refractivity contribution in [2.75, 3.05) is 0 Å². The molecule has 0 amide bonds. The van der Waals surface area contributed by atoms with Crippen molar-refractivity contribution in [3.8, 4) is 0 Å². The predicted octanol–water partition coefficient (Wildman–Crippen LogP) is 1.29. The highest BCUT2D eigenvalue weighted by Crippen LogP contribution is 2.18. The lowest BCUT2D eigenvalue weighted by Gasteiger charge is -2.08. The number of aliphatic hydroxyl groups excluding tert-OH is 1. The number of hydrogen-bond acceptors (Lipinski definition) is 3. The van der Waals surface area contributed by atoms with E-state index in [1.54, 1.807) is 18.2 Å². The van der Waals surface area contributed by atoms with Gasteiger partial charge in [0, 0.05) is 0 Å². The van der Waals surface area contributed by atoms with Crippen LogP contribution in [-0.4, -0.2) is 16.3 Å². The van der Waals surface area contributed by atoms with Gasteiger partial charge in [0.1, 0.15) is 0 Å². The van der Waals surface area contributed by atoms with Crippen LogP contribution in [0.2, 0.25) is 0 Å². The van der Waals surface area contributed by atoms with Gasteiger partial charge in [0.15, 0.2) is 6.10 Å². The molecule has 0 saturated carbocycles. The zero-order valence-electron chi connectivity index (χ0n) is 6.63. The van der Waals surface area contributed by atoms with Gasteiger partial charge in [0.25, 0.3) is 0 Å². The molecule has 0 heterocycles. The minimum Gasteiger partial charge on any atom is -0.379 e. The lowest BCUT2D eigenvalue weighted by Crippen LogP contribution is -2.22. The van der Waals surface area contributed by atoms with E-state index in [1.807, 2.05) is 0 Å². The average molecular weight is 185 g/mol. The number of alkyl halides is 1. The highest BCUT2D eigenvalue weighted by atomic mass is 19.1. The van der Waals surface area contributed by atoms with Crippen molar-refractivity contribution in [3.63, 3.8) is 0 Å². The summed E-state index contributed by atoms with van der Waals surface area (Å²) in [6.45, 7) is 0. The molecule has 0 spiro atoms. The molecule has 0 bridgehead atoms. The van der Waals surface area contributed by atoms with E-state index in [-0.39, 0.29) is 5.56 Å². The maximum absolute atomic E-state index is 12.7. The Kier molecular flexibility index (Phi) is 2.92. The summed E-state index contributed by atoms with van der Waals surface area (Å²) in [5, 5.41) is 19.1. The first-order valence-electron chi connectivity index (χ1n) is 3.63. The molecule has 5 heteroatoms. The molecular formula is C8H8FNO3. The van der Waals surface area contributed by atoms with Crippen molar-refractivity contribution in [2.24, 2.45) is 0 Å². The van der Waals surface area contributed by atoms with Gasteiger partial charge in [-0.2, -0.15) is 4.39 Å². The van der Waals surface area contributed by atoms with Gasteiger partial charge in [-0.3, -0.25) is 10.1 Å².